The molecule has 0 radical (unpaired) electrons. The fourth-order valence-electron chi connectivity index (χ4n) is 4.02. The van der Waals surface area contributed by atoms with Crippen molar-refractivity contribution in [1.82, 2.24) is 0 Å². The number of carbonyl (C=O) groups is 2. The lowest BCUT2D eigenvalue weighted by molar-refractivity contribution is -0.132. The molecule has 1 aliphatic rings. The van der Waals surface area contributed by atoms with Crippen LogP contribution in [-0.2, 0) is 9.59 Å². The quantitative estimate of drug-likeness (QED) is 0.277. The van der Waals surface area contributed by atoms with Crippen LogP contribution >= 0.6 is 23.2 Å². The first kappa shape index (κ1) is 24.1. The predicted octanol–water partition coefficient (Wildman–Crippen LogP) is 5.51. The molecule has 1 aliphatic heterocycles. The maximum absolute atomic E-state index is 13.3. The zero-order valence-electron chi connectivity index (χ0n) is 18.6. The molecule has 7 nitrogen and oxygen atoms in total. The van der Waals surface area contributed by atoms with E-state index in [0.717, 1.165) is 0 Å². The summed E-state index contributed by atoms with van der Waals surface area (Å²) in [6, 6.07) is 16.6. The number of Topliss-reactive ketones (excluding diaryl/α,β-unsaturated/α-hetero) is 1. The average molecular weight is 509 g/mol. The van der Waals surface area contributed by atoms with Gasteiger partial charge >= 0.3 is 0 Å². The number of ketones is 1. The SMILES string of the molecule is COc1cccc(C2/C(=C(/O)c3ccc(Cl)c(Cl)c3)C(=O)C(=O)N2c2ccc(C#N)cc2)c1OC. The van der Waals surface area contributed by atoms with E-state index in [9.17, 15) is 14.7 Å². The lowest BCUT2D eigenvalue weighted by Gasteiger charge is -2.27. The maximum Gasteiger partial charge on any atom is 0.300 e. The van der Waals surface area contributed by atoms with Crippen LogP contribution in [0.5, 0.6) is 11.5 Å². The summed E-state index contributed by atoms with van der Waals surface area (Å²) >= 11 is 12.1. The smallest absolute Gasteiger partial charge is 0.300 e. The Morgan fingerprint density at radius 3 is 2.31 bits per heavy atom. The highest BCUT2D eigenvalue weighted by Gasteiger charge is 2.48. The zero-order valence-corrected chi connectivity index (χ0v) is 20.1. The lowest BCUT2D eigenvalue weighted by atomic mass is 9.94. The number of halogens is 2. The Morgan fingerprint density at radius 2 is 1.71 bits per heavy atom. The molecular weight excluding hydrogens is 491 g/mol. The third-order valence-electron chi connectivity index (χ3n) is 5.64. The molecule has 1 unspecified atom stereocenters. The fraction of sp³-hybridized carbons (Fsp3) is 0.115. The molecule has 1 heterocycles. The van der Waals surface area contributed by atoms with Crippen LogP contribution in [0.1, 0.15) is 22.7 Å². The highest BCUT2D eigenvalue weighted by Crippen LogP contribution is 2.47. The number of amides is 1. The summed E-state index contributed by atoms with van der Waals surface area (Å²) in [5.74, 6) is -1.50. The molecule has 3 aromatic carbocycles. The molecule has 0 aromatic heterocycles. The normalized spacial score (nSPS) is 16.8. The maximum atomic E-state index is 13.3. The molecule has 1 N–H and O–H groups in total. The van der Waals surface area contributed by atoms with Gasteiger partial charge in [0.1, 0.15) is 5.76 Å². The Labute approximate surface area is 211 Å². The van der Waals surface area contributed by atoms with Crippen LogP contribution < -0.4 is 14.4 Å². The number of aliphatic hydroxyl groups is 1. The van der Waals surface area contributed by atoms with Gasteiger partial charge in [-0.2, -0.15) is 5.26 Å². The number of rotatable bonds is 5. The third-order valence-corrected chi connectivity index (χ3v) is 6.38. The van der Waals surface area contributed by atoms with Gasteiger partial charge < -0.3 is 14.6 Å². The van der Waals surface area contributed by atoms with E-state index >= 15 is 0 Å². The van der Waals surface area contributed by atoms with E-state index in [1.807, 2.05) is 6.07 Å². The first-order chi connectivity index (χ1) is 16.8. The molecule has 1 atom stereocenters. The molecule has 0 aliphatic carbocycles. The first-order valence-corrected chi connectivity index (χ1v) is 11.1. The van der Waals surface area contributed by atoms with E-state index in [1.165, 1.54) is 49.5 Å². The van der Waals surface area contributed by atoms with Gasteiger partial charge in [-0.05, 0) is 48.5 Å². The van der Waals surface area contributed by atoms with Crippen molar-refractivity contribution in [3.63, 3.8) is 0 Å². The molecule has 1 fully saturated rings. The second kappa shape index (κ2) is 9.71. The number of nitrogens with zero attached hydrogens (tertiary/aromatic N) is 2. The van der Waals surface area contributed by atoms with Crippen molar-refractivity contribution in [2.45, 2.75) is 6.04 Å². The molecule has 4 rings (SSSR count). The monoisotopic (exact) mass is 508 g/mol. The van der Waals surface area contributed by atoms with Crippen LogP contribution in [0.2, 0.25) is 10.0 Å². The summed E-state index contributed by atoms with van der Waals surface area (Å²) in [5.41, 5.74) is 1.20. The summed E-state index contributed by atoms with van der Waals surface area (Å²) in [4.78, 5) is 27.9. The van der Waals surface area contributed by atoms with Crippen LogP contribution in [0.3, 0.4) is 0 Å². The number of hydrogen-bond acceptors (Lipinski definition) is 6. The largest absolute Gasteiger partial charge is 0.507 e. The van der Waals surface area contributed by atoms with E-state index in [1.54, 1.807) is 30.3 Å². The van der Waals surface area contributed by atoms with E-state index in [2.05, 4.69) is 0 Å². The van der Waals surface area contributed by atoms with Crippen molar-refractivity contribution < 1.29 is 24.2 Å². The van der Waals surface area contributed by atoms with Gasteiger partial charge in [0.15, 0.2) is 11.5 Å². The number of hydrogen-bond donors (Lipinski definition) is 1. The number of para-hydroxylation sites is 1. The summed E-state index contributed by atoms with van der Waals surface area (Å²) in [6.45, 7) is 0. The Hall–Kier alpha value is -3.99. The molecule has 0 bridgehead atoms. The summed E-state index contributed by atoms with van der Waals surface area (Å²) in [7, 11) is 2.91. The third kappa shape index (κ3) is 4.18. The first-order valence-electron chi connectivity index (χ1n) is 10.3. The number of nitriles is 1. The topological polar surface area (TPSA) is 99.9 Å². The van der Waals surface area contributed by atoms with E-state index in [0.29, 0.717) is 28.3 Å². The molecule has 1 amide bonds. The van der Waals surface area contributed by atoms with Crippen LogP contribution in [0, 0.1) is 11.3 Å². The highest BCUT2D eigenvalue weighted by atomic mass is 35.5. The van der Waals surface area contributed by atoms with Gasteiger partial charge in [0.2, 0.25) is 0 Å². The van der Waals surface area contributed by atoms with Crippen LogP contribution in [0.25, 0.3) is 5.76 Å². The highest BCUT2D eigenvalue weighted by molar-refractivity contribution is 6.52. The second-order valence-corrected chi connectivity index (χ2v) is 8.35. The van der Waals surface area contributed by atoms with Crippen molar-refractivity contribution in [3.05, 3.63) is 93.0 Å². The van der Waals surface area contributed by atoms with Crippen LogP contribution in [0.4, 0.5) is 5.69 Å². The summed E-state index contributed by atoms with van der Waals surface area (Å²) in [5, 5.41) is 20.9. The van der Waals surface area contributed by atoms with E-state index in [4.69, 9.17) is 37.9 Å². The molecule has 35 heavy (non-hydrogen) atoms. The molecule has 9 heteroatoms. The van der Waals surface area contributed by atoms with Gasteiger partial charge in [0.05, 0.1) is 47.5 Å². The minimum Gasteiger partial charge on any atom is -0.507 e. The van der Waals surface area contributed by atoms with Crippen LogP contribution in [-0.4, -0.2) is 31.0 Å². The van der Waals surface area contributed by atoms with Crippen LogP contribution in [0.15, 0.2) is 66.2 Å². The van der Waals surface area contributed by atoms with Crippen molar-refractivity contribution in [3.8, 4) is 17.6 Å². The van der Waals surface area contributed by atoms with Gasteiger partial charge in [-0.3, -0.25) is 14.5 Å². The Bertz CT molecular complexity index is 1410. The number of anilines is 1. The zero-order chi connectivity index (χ0) is 25.3. The molecule has 176 valence electrons. The molecule has 3 aromatic rings. The number of benzene rings is 3. The molecule has 0 saturated carbocycles. The minimum atomic E-state index is -1.07. The average Bonchev–Trinajstić information content (AvgIpc) is 3.14. The number of carbonyl (C=O) groups excluding carboxylic acids is 2. The predicted molar refractivity (Wildman–Crippen MR) is 132 cm³/mol. The number of ether oxygens (including phenoxy) is 2. The molecule has 1 saturated heterocycles. The van der Waals surface area contributed by atoms with E-state index in [-0.39, 0.29) is 21.2 Å². The Kier molecular flexibility index (Phi) is 6.70. The van der Waals surface area contributed by atoms with E-state index < -0.39 is 23.5 Å². The number of aliphatic hydroxyl groups excluding tert-OH is 1. The van der Waals surface area contributed by atoms with Crippen molar-refractivity contribution in [2.24, 2.45) is 0 Å². The van der Waals surface area contributed by atoms with Gasteiger partial charge in [-0.15, -0.1) is 0 Å². The molecular formula is C26H18Cl2N2O5. The standard InChI is InChI=1S/C26H18Cl2N2O5/c1-34-20-5-3-4-17(25(20)35-2)22-21(23(31)15-8-11-18(27)19(28)12-15)24(32)26(33)30(22)16-9-6-14(13-29)7-10-16/h3-12,22,31H,1-2H3/b23-21-. The fourth-order valence-corrected chi connectivity index (χ4v) is 4.31. The molecule has 0 spiro atoms. The summed E-state index contributed by atoms with van der Waals surface area (Å²) < 4.78 is 11.0. The second-order valence-electron chi connectivity index (χ2n) is 7.54. The Morgan fingerprint density at radius 1 is 1.00 bits per heavy atom. The van der Waals surface area contributed by atoms with Gasteiger partial charge in [0, 0.05) is 16.8 Å². The van der Waals surface area contributed by atoms with Gasteiger partial charge in [-0.25, -0.2) is 0 Å². The summed E-state index contributed by atoms with van der Waals surface area (Å²) in [6.07, 6.45) is 0. The lowest BCUT2D eigenvalue weighted by Crippen LogP contribution is -2.29. The van der Waals surface area contributed by atoms with Crippen molar-refractivity contribution in [1.29, 1.82) is 5.26 Å². The van der Waals surface area contributed by atoms with Crippen molar-refractivity contribution >= 4 is 46.3 Å². The van der Waals surface area contributed by atoms with Crippen molar-refractivity contribution in [2.75, 3.05) is 19.1 Å². The van der Waals surface area contributed by atoms with Gasteiger partial charge in [0.25, 0.3) is 11.7 Å². The number of methoxy groups -OCH3 is 2. The van der Waals surface area contributed by atoms with Gasteiger partial charge in [-0.1, -0.05) is 35.3 Å². The minimum absolute atomic E-state index is 0.163. The Balaban J connectivity index is 2.01.